The van der Waals surface area contributed by atoms with E-state index in [2.05, 4.69) is 20.8 Å². The molecule has 182 valence electrons. The van der Waals surface area contributed by atoms with Crippen molar-refractivity contribution in [1.29, 1.82) is 0 Å². The predicted molar refractivity (Wildman–Crippen MR) is 133 cm³/mol. The Labute approximate surface area is 208 Å². The molecule has 2 aromatic carbocycles. The summed E-state index contributed by atoms with van der Waals surface area (Å²) >= 11 is 1.27. The maximum Gasteiger partial charge on any atom is 0.249 e. The quantitative estimate of drug-likeness (QED) is 0.454. The molecule has 1 aromatic heterocycles. The van der Waals surface area contributed by atoms with Crippen LogP contribution < -0.4 is 20.1 Å². The fourth-order valence-corrected chi connectivity index (χ4v) is 5.32. The average Bonchev–Trinajstić information content (AvgIpc) is 3.64. The number of carbonyl (C=O) groups is 2. The van der Waals surface area contributed by atoms with E-state index in [1.807, 2.05) is 48.5 Å². The topological polar surface area (TPSA) is 102 Å². The lowest BCUT2D eigenvalue weighted by atomic mass is 10.0. The molecule has 1 saturated carbocycles. The lowest BCUT2D eigenvalue weighted by Gasteiger charge is -2.18. The Morgan fingerprint density at radius 1 is 1.03 bits per heavy atom. The Kier molecular flexibility index (Phi) is 7.23. The summed E-state index contributed by atoms with van der Waals surface area (Å²) in [5.41, 5.74) is 1.80. The summed E-state index contributed by atoms with van der Waals surface area (Å²) in [6, 6.07) is 14.5. The lowest BCUT2D eigenvalue weighted by Crippen LogP contribution is -2.45. The second-order valence-electron chi connectivity index (χ2n) is 8.97. The van der Waals surface area contributed by atoms with Gasteiger partial charge in [0.15, 0.2) is 11.5 Å². The molecule has 1 aliphatic heterocycles. The molecule has 2 heterocycles. The molecule has 2 amide bonds. The van der Waals surface area contributed by atoms with Gasteiger partial charge in [0, 0.05) is 18.4 Å². The summed E-state index contributed by atoms with van der Waals surface area (Å²) in [6.07, 6.45) is 6.61. The number of hydrogen-bond acceptors (Lipinski definition) is 7. The van der Waals surface area contributed by atoms with Gasteiger partial charge in [-0.3, -0.25) is 14.9 Å². The van der Waals surface area contributed by atoms with Gasteiger partial charge >= 0.3 is 0 Å². The molecule has 1 unspecified atom stereocenters. The van der Waals surface area contributed by atoms with Crippen LogP contribution in [0, 0.1) is 5.92 Å². The first-order chi connectivity index (χ1) is 17.1. The average molecular weight is 493 g/mol. The molecule has 8 nitrogen and oxygen atoms in total. The van der Waals surface area contributed by atoms with Crippen LogP contribution in [0.1, 0.15) is 44.1 Å². The highest BCUT2D eigenvalue weighted by molar-refractivity contribution is 7.18. The minimum absolute atomic E-state index is 0.0914. The number of fused-ring (bicyclic) bond motifs is 1. The van der Waals surface area contributed by atoms with Crippen molar-refractivity contribution < 1.29 is 19.1 Å². The van der Waals surface area contributed by atoms with Crippen LogP contribution in [-0.2, 0) is 16.0 Å². The molecule has 5 rings (SSSR count). The first-order valence-electron chi connectivity index (χ1n) is 12.0. The number of aromatic nitrogens is 2. The Balaban J connectivity index is 1.24. The normalized spacial score (nSPS) is 15.7. The van der Waals surface area contributed by atoms with Crippen molar-refractivity contribution in [2.75, 3.05) is 12.1 Å². The zero-order chi connectivity index (χ0) is 24.0. The monoisotopic (exact) mass is 492 g/mol. The van der Waals surface area contributed by atoms with Gasteiger partial charge in [-0.15, -0.1) is 10.2 Å². The number of carbonyl (C=O) groups excluding carboxylic acids is 2. The van der Waals surface area contributed by atoms with Gasteiger partial charge in [-0.05, 0) is 36.1 Å². The van der Waals surface area contributed by atoms with Crippen molar-refractivity contribution in [3.63, 3.8) is 0 Å². The zero-order valence-electron chi connectivity index (χ0n) is 19.4. The highest BCUT2D eigenvalue weighted by Gasteiger charge is 2.24. The molecular formula is C26H28N4O4S. The highest BCUT2D eigenvalue weighted by atomic mass is 32.1. The van der Waals surface area contributed by atoms with Crippen LogP contribution in [0.25, 0.3) is 10.6 Å². The molecule has 3 aromatic rings. The lowest BCUT2D eigenvalue weighted by molar-refractivity contribution is -0.126. The van der Waals surface area contributed by atoms with Gasteiger partial charge in [0.2, 0.25) is 23.7 Å². The standard InChI is InChI=1S/C26H28N4O4S/c31-23(13-10-17-6-4-5-7-17)27-20(14-18-8-2-1-3-9-18)24(32)28-26-30-29-25(35-26)19-11-12-21-22(15-19)34-16-33-21/h1-3,8-9,11-12,15,17,20H,4-7,10,13-14,16H2,(H,27,31)(H,28,30,32). The third-order valence-electron chi connectivity index (χ3n) is 6.46. The smallest absolute Gasteiger partial charge is 0.249 e. The van der Waals surface area contributed by atoms with Gasteiger partial charge in [0.25, 0.3) is 0 Å². The van der Waals surface area contributed by atoms with Gasteiger partial charge in [-0.1, -0.05) is 67.4 Å². The van der Waals surface area contributed by atoms with Crippen LogP contribution >= 0.6 is 11.3 Å². The Morgan fingerprint density at radius 2 is 1.83 bits per heavy atom. The molecule has 0 radical (unpaired) electrons. The van der Waals surface area contributed by atoms with Gasteiger partial charge in [0.05, 0.1) is 0 Å². The summed E-state index contributed by atoms with van der Waals surface area (Å²) < 4.78 is 10.8. The van der Waals surface area contributed by atoms with Crippen molar-refractivity contribution in [3.8, 4) is 22.1 Å². The molecule has 0 saturated heterocycles. The van der Waals surface area contributed by atoms with Crippen LogP contribution in [0.15, 0.2) is 48.5 Å². The van der Waals surface area contributed by atoms with E-state index >= 15 is 0 Å². The van der Waals surface area contributed by atoms with Crippen LogP contribution in [0.3, 0.4) is 0 Å². The van der Waals surface area contributed by atoms with Crippen LogP contribution in [0.5, 0.6) is 11.5 Å². The maximum absolute atomic E-state index is 13.2. The van der Waals surface area contributed by atoms with Crippen LogP contribution in [0.2, 0.25) is 0 Å². The fraction of sp³-hybridized carbons (Fsp3) is 0.385. The van der Waals surface area contributed by atoms with Crippen molar-refractivity contribution >= 4 is 28.3 Å². The summed E-state index contributed by atoms with van der Waals surface area (Å²) in [5, 5.41) is 15.2. The number of amides is 2. The Morgan fingerprint density at radius 3 is 2.66 bits per heavy atom. The number of ether oxygens (including phenoxy) is 2. The minimum Gasteiger partial charge on any atom is -0.454 e. The van der Waals surface area contributed by atoms with E-state index in [1.165, 1.54) is 37.0 Å². The highest BCUT2D eigenvalue weighted by Crippen LogP contribution is 2.37. The summed E-state index contributed by atoms with van der Waals surface area (Å²) in [6.45, 7) is 0.200. The molecule has 9 heteroatoms. The number of benzene rings is 2. The van der Waals surface area contributed by atoms with E-state index < -0.39 is 6.04 Å². The fourth-order valence-electron chi connectivity index (χ4n) is 4.57. The molecule has 1 aliphatic carbocycles. The van der Waals surface area contributed by atoms with Gasteiger partial charge < -0.3 is 14.8 Å². The molecule has 0 spiro atoms. The maximum atomic E-state index is 13.2. The molecule has 0 bridgehead atoms. The summed E-state index contributed by atoms with van der Waals surface area (Å²) in [5.74, 6) is 1.58. The van der Waals surface area contributed by atoms with E-state index in [4.69, 9.17) is 9.47 Å². The number of anilines is 1. The molecular weight excluding hydrogens is 464 g/mol. The SMILES string of the molecule is O=C(CCC1CCCC1)NC(Cc1ccccc1)C(=O)Nc1nnc(-c2ccc3c(c2)OCO3)s1. The summed E-state index contributed by atoms with van der Waals surface area (Å²) in [7, 11) is 0. The van der Waals surface area contributed by atoms with Crippen molar-refractivity contribution in [1.82, 2.24) is 15.5 Å². The second-order valence-corrected chi connectivity index (χ2v) is 9.95. The molecule has 2 N–H and O–H groups in total. The number of rotatable bonds is 9. The van der Waals surface area contributed by atoms with Crippen molar-refractivity contribution in [2.24, 2.45) is 5.92 Å². The van der Waals surface area contributed by atoms with E-state index in [0.29, 0.717) is 40.4 Å². The largest absolute Gasteiger partial charge is 0.454 e. The minimum atomic E-state index is -0.702. The van der Waals surface area contributed by atoms with Crippen LogP contribution in [-0.4, -0.2) is 34.8 Å². The Hall–Kier alpha value is -3.46. The van der Waals surface area contributed by atoms with E-state index in [9.17, 15) is 9.59 Å². The number of nitrogens with one attached hydrogen (secondary N) is 2. The number of hydrogen-bond donors (Lipinski definition) is 2. The van der Waals surface area contributed by atoms with Crippen molar-refractivity contribution in [3.05, 3.63) is 54.1 Å². The first kappa shape index (κ1) is 23.3. The predicted octanol–water partition coefficient (Wildman–Crippen LogP) is 4.57. The van der Waals surface area contributed by atoms with E-state index in [1.54, 1.807) is 0 Å². The third-order valence-corrected chi connectivity index (χ3v) is 7.35. The second kappa shape index (κ2) is 10.9. The number of nitrogens with zero attached hydrogens (tertiary/aromatic N) is 2. The zero-order valence-corrected chi connectivity index (χ0v) is 20.2. The molecule has 1 fully saturated rings. The molecule has 2 aliphatic rings. The van der Waals surface area contributed by atoms with Gasteiger partial charge in [-0.2, -0.15) is 0 Å². The van der Waals surface area contributed by atoms with Crippen molar-refractivity contribution in [2.45, 2.75) is 51.0 Å². The third kappa shape index (κ3) is 5.97. The Bertz CT molecular complexity index is 1180. The molecule has 1 atom stereocenters. The van der Waals surface area contributed by atoms with Gasteiger partial charge in [-0.25, -0.2) is 0 Å². The van der Waals surface area contributed by atoms with E-state index in [0.717, 1.165) is 17.5 Å². The molecule has 35 heavy (non-hydrogen) atoms. The first-order valence-corrected chi connectivity index (χ1v) is 12.8. The summed E-state index contributed by atoms with van der Waals surface area (Å²) in [4.78, 5) is 25.9. The van der Waals surface area contributed by atoms with Gasteiger partial charge in [0.1, 0.15) is 11.0 Å². The van der Waals surface area contributed by atoms with E-state index in [-0.39, 0.29) is 18.6 Å². The van der Waals surface area contributed by atoms with Crippen LogP contribution in [0.4, 0.5) is 5.13 Å².